The number of hydrogen-bond acceptors (Lipinski definition) is 2. The maximum atomic E-state index is 12.9. The lowest BCUT2D eigenvalue weighted by Crippen LogP contribution is -2.13. The molecule has 0 amide bonds. The first kappa shape index (κ1) is 15.0. The summed E-state index contributed by atoms with van der Waals surface area (Å²) in [7, 11) is 1.56. The van der Waals surface area contributed by atoms with Crippen LogP contribution in [-0.2, 0) is 6.18 Å². The lowest BCUT2D eigenvalue weighted by molar-refractivity contribution is -0.137. The summed E-state index contributed by atoms with van der Waals surface area (Å²) in [6.45, 7) is 0. The van der Waals surface area contributed by atoms with Crippen LogP contribution in [0.5, 0.6) is 0 Å². The summed E-state index contributed by atoms with van der Waals surface area (Å²) in [5, 5.41) is 0. The Hall–Kier alpha value is -2.37. The van der Waals surface area contributed by atoms with Crippen molar-refractivity contribution in [2.45, 2.75) is 6.18 Å². The zero-order valence-electron chi connectivity index (χ0n) is 11.0. The molecule has 0 unspecified atom stereocenters. The Morgan fingerprint density at radius 2 is 1.57 bits per heavy atom. The van der Waals surface area contributed by atoms with Crippen LogP contribution in [0.2, 0.25) is 0 Å². The predicted molar refractivity (Wildman–Crippen MR) is 71.3 cm³/mol. The molecule has 2 aromatic rings. The van der Waals surface area contributed by atoms with Gasteiger partial charge in [0.25, 0.3) is 0 Å². The van der Waals surface area contributed by atoms with Gasteiger partial charge in [-0.15, -0.1) is 0 Å². The molecule has 110 valence electrons. The van der Waals surface area contributed by atoms with Crippen LogP contribution in [0.1, 0.15) is 15.9 Å². The van der Waals surface area contributed by atoms with Crippen molar-refractivity contribution in [1.82, 2.24) is 0 Å². The molecule has 21 heavy (non-hydrogen) atoms. The van der Waals surface area contributed by atoms with E-state index >= 15 is 0 Å². The number of carbonyl (C=O) groups excluding carboxylic acids is 1. The molecule has 0 saturated heterocycles. The van der Waals surface area contributed by atoms with E-state index in [1.54, 1.807) is 7.05 Å². The van der Waals surface area contributed by atoms with Crippen LogP contribution in [0.15, 0.2) is 42.5 Å². The molecule has 0 saturated carbocycles. The molecule has 6 heteroatoms. The van der Waals surface area contributed by atoms with Crippen LogP contribution in [0.4, 0.5) is 28.9 Å². The number of aldehydes is 1. The minimum absolute atomic E-state index is 0.171. The van der Waals surface area contributed by atoms with E-state index in [9.17, 15) is 22.4 Å². The third-order valence-corrected chi connectivity index (χ3v) is 3.07. The molecule has 0 aliphatic carbocycles. The van der Waals surface area contributed by atoms with E-state index < -0.39 is 23.1 Å². The fraction of sp³-hybridized carbons (Fsp3) is 0.133. The fourth-order valence-electron chi connectivity index (χ4n) is 1.91. The molecule has 0 aliphatic heterocycles. The Labute approximate surface area is 118 Å². The van der Waals surface area contributed by atoms with Gasteiger partial charge in [-0.2, -0.15) is 13.2 Å². The van der Waals surface area contributed by atoms with Gasteiger partial charge in [0.2, 0.25) is 0 Å². The molecular weight excluding hydrogens is 286 g/mol. The smallest absolute Gasteiger partial charge is 0.345 e. The number of hydrogen-bond donors (Lipinski definition) is 0. The van der Waals surface area contributed by atoms with Crippen LogP contribution in [0.3, 0.4) is 0 Å². The van der Waals surface area contributed by atoms with Gasteiger partial charge in [0, 0.05) is 24.0 Å². The van der Waals surface area contributed by atoms with Crippen molar-refractivity contribution in [3.8, 4) is 0 Å². The number of halogens is 4. The van der Waals surface area contributed by atoms with Gasteiger partial charge in [-0.05, 0) is 42.5 Å². The van der Waals surface area contributed by atoms with E-state index in [4.69, 9.17) is 0 Å². The number of anilines is 2. The zero-order valence-corrected chi connectivity index (χ0v) is 11.0. The molecule has 0 spiro atoms. The van der Waals surface area contributed by atoms with E-state index in [-0.39, 0.29) is 12.0 Å². The lowest BCUT2D eigenvalue weighted by Gasteiger charge is -2.21. The number of rotatable bonds is 3. The summed E-state index contributed by atoms with van der Waals surface area (Å²) in [6, 6.07) is 8.76. The Morgan fingerprint density at radius 3 is 2.10 bits per heavy atom. The van der Waals surface area contributed by atoms with E-state index in [1.807, 2.05) is 0 Å². The molecule has 2 nitrogen and oxygen atoms in total. The normalized spacial score (nSPS) is 11.3. The van der Waals surface area contributed by atoms with Crippen molar-refractivity contribution in [2.75, 3.05) is 11.9 Å². The summed E-state index contributed by atoms with van der Waals surface area (Å²) in [5.41, 5.74) is -0.634. The summed E-state index contributed by atoms with van der Waals surface area (Å²) in [4.78, 5) is 12.2. The Balaban J connectivity index is 2.45. The highest BCUT2D eigenvalue weighted by Gasteiger charge is 2.33. The summed E-state index contributed by atoms with van der Waals surface area (Å²) in [5.74, 6) is -0.431. The van der Waals surface area contributed by atoms with Crippen LogP contribution in [0.25, 0.3) is 0 Å². The summed E-state index contributed by atoms with van der Waals surface area (Å²) < 4.78 is 51.6. The SMILES string of the molecule is CN(c1ccc(F)cc1)c1ccc(C=O)c(C(F)(F)F)c1. The number of alkyl halides is 3. The van der Waals surface area contributed by atoms with Crippen LogP contribution in [0, 0.1) is 5.82 Å². The quantitative estimate of drug-likeness (QED) is 0.617. The second kappa shape index (κ2) is 5.55. The molecule has 0 radical (unpaired) electrons. The van der Waals surface area contributed by atoms with Crippen molar-refractivity contribution in [2.24, 2.45) is 0 Å². The Morgan fingerprint density at radius 1 is 1.00 bits per heavy atom. The molecule has 0 aliphatic rings. The molecule has 2 rings (SSSR count). The molecule has 2 aromatic carbocycles. The number of nitrogens with zero attached hydrogens (tertiary/aromatic N) is 1. The molecule has 0 atom stereocenters. The monoisotopic (exact) mass is 297 g/mol. The Kier molecular flexibility index (Phi) is 3.97. The van der Waals surface area contributed by atoms with E-state index in [0.717, 1.165) is 12.1 Å². The third-order valence-electron chi connectivity index (χ3n) is 3.07. The van der Waals surface area contributed by atoms with Crippen molar-refractivity contribution in [1.29, 1.82) is 0 Å². The van der Waals surface area contributed by atoms with Gasteiger partial charge < -0.3 is 4.90 Å². The van der Waals surface area contributed by atoms with Gasteiger partial charge in [0.15, 0.2) is 6.29 Å². The highest BCUT2D eigenvalue weighted by atomic mass is 19.4. The van der Waals surface area contributed by atoms with Gasteiger partial charge in [0.1, 0.15) is 5.82 Å². The molecule has 0 bridgehead atoms. The first-order valence-corrected chi connectivity index (χ1v) is 5.98. The van der Waals surface area contributed by atoms with Crippen molar-refractivity contribution < 1.29 is 22.4 Å². The first-order valence-electron chi connectivity index (χ1n) is 5.98. The summed E-state index contributed by atoms with van der Waals surface area (Å²) >= 11 is 0. The van der Waals surface area contributed by atoms with Crippen LogP contribution >= 0.6 is 0 Å². The minimum atomic E-state index is -4.62. The molecular formula is C15H11F4NO. The highest BCUT2D eigenvalue weighted by molar-refractivity contribution is 5.79. The van der Waals surface area contributed by atoms with Crippen molar-refractivity contribution in [3.63, 3.8) is 0 Å². The summed E-state index contributed by atoms with van der Waals surface area (Å²) in [6.07, 6.45) is -4.44. The maximum Gasteiger partial charge on any atom is 0.417 e. The second-order valence-electron chi connectivity index (χ2n) is 4.42. The lowest BCUT2D eigenvalue weighted by atomic mass is 10.1. The topological polar surface area (TPSA) is 20.3 Å². The standard InChI is InChI=1S/C15H11F4NO/c1-20(12-6-3-11(16)4-7-12)13-5-2-10(9-21)14(8-13)15(17,18)19/h2-9H,1H3. The zero-order chi connectivity index (χ0) is 15.6. The largest absolute Gasteiger partial charge is 0.417 e. The van der Waals surface area contributed by atoms with Crippen LogP contribution < -0.4 is 4.90 Å². The highest BCUT2D eigenvalue weighted by Crippen LogP contribution is 2.35. The molecule has 0 heterocycles. The van der Waals surface area contributed by atoms with Gasteiger partial charge in [-0.1, -0.05) is 0 Å². The number of benzene rings is 2. The van der Waals surface area contributed by atoms with Crippen LogP contribution in [-0.4, -0.2) is 13.3 Å². The predicted octanol–water partition coefficient (Wildman–Crippen LogP) is 4.42. The average Bonchev–Trinajstić information content (AvgIpc) is 2.45. The average molecular weight is 297 g/mol. The molecule has 0 N–H and O–H groups in total. The number of carbonyl (C=O) groups is 1. The van der Waals surface area contributed by atoms with E-state index in [0.29, 0.717) is 5.69 Å². The molecule has 0 aromatic heterocycles. The van der Waals surface area contributed by atoms with Crippen molar-refractivity contribution in [3.05, 3.63) is 59.4 Å². The van der Waals surface area contributed by atoms with E-state index in [1.165, 1.54) is 35.2 Å². The third kappa shape index (κ3) is 3.21. The van der Waals surface area contributed by atoms with Gasteiger partial charge in [-0.3, -0.25) is 4.79 Å². The minimum Gasteiger partial charge on any atom is -0.345 e. The maximum absolute atomic E-state index is 12.9. The Bertz CT molecular complexity index is 650. The van der Waals surface area contributed by atoms with Gasteiger partial charge in [0.05, 0.1) is 5.56 Å². The van der Waals surface area contributed by atoms with Gasteiger partial charge in [-0.25, -0.2) is 4.39 Å². The van der Waals surface area contributed by atoms with Crippen molar-refractivity contribution >= 4 is 17.7 Å². The van der Waals surface area contributed by atoms with Gasteiger partial charge >= 0.3 is 6.18 Å². The second-order valence-corrected chi connectivity index (χ2v) is 4.42. The van der Waals surface area contributed by atoms with E-state index in [2.05, 4.69) is 0 Å². The molecule has 0 fully saturated rings. The first-order chi connectivity index (χ1) is 9.82. The fourth-order valence-corrected chi connectivity index (χ4v) is 1.91.